The Hall–Kier alpha value is -1.32. The fraction of sp³-hybridized carbons (Fsp3) is 0.600. The first-order valence-corrected chi connectivity index (χ1v) is 4.37. The quantitative estimate of drug-likeness (QED) is 0.388. The highest BCUT2D eigenvalue weighted by Gasteiger charge is 2.32. The van der Waals surface area contributed by atoms with E-state index in [4.69, 9.17) is 0 Å². The number of carbonyl (C=O) groups is 2. The van der Waals surface area contributed by atoms with E-state index >= 15 is 0 Å². The molecular weight excluding hydrogens is 184 g/mol. The van der Waals surface area contributed by atoms with Crippen LogP contribution in [0, 0.1) is 11.8 Å². The van der Waals surface area contributed by atoms with Gasteiger partial charge in [0.1, 0.15) is 0 Å². The molecule has 0 saturated carbocycles. The van der Waals surface area contributed by atoms with Crippen molar-refractivity contribution in [3.63, 3.8) is 0 Å². The summed E-state index contributed by atoms with van der Waals surface area (Å²) in [5, 5.41) is 0. The van der Waals surface area contributed by atoms with E-state index in [0.29, 0.717) is 0 Å². The molecule has 0 N–H and O–H groups in total. The molecule has 0 saturated heterocycles. The highest BCUT2D eigenvalue weighted by atomic mass is 16.5. The predicted octanol–water partition coefficient (Wildman–Crippen LogP) is 1.16. The van der Waals surface area contributed by atoms with E-state index in [2.05, 4.69) is 9.47 Å². The van der Waals surface area contributed by atoms with Gasteiger partial charge in [-0.05, 0) is 12.8 Å². The van der Waals surface area contributed by atoms with Gasteiger partial charge in [0.15, 0.2) is 5.92 Å². The lowest BCUT2D eigenvalue weighted by Gasteiger charge is -2.16. The number of methoxy groups -OCH3 is 2. The second-order valence-electron chi connectivity index (χ2n) is 2.91. The zero-order valence-corrected chi connectivity index (χ0v) is 8.94. The van der Waals surface area contributed by atoms with Crippen LogP contribution in [0.3, 0.4) is 0 Å². The van der Waals surface area contributed by atoms with Gasteiger partial charge in [0.25, 0.3) is 0 Å². The summed E-state index contributed by atoms with van der Waals surface area (Å²) in [6.45, 7) is 3.58. The molecule has 0 aliphatic carbocycles. The van der Waals surface area contributed by atoms with Gasteiger partial charge >= 0.3 is 11.9 Å². The molecule has 80 valence electrons. The first-order valence-electron chi connectivity index (χ1n) is 4.37. The summed E-state index contributed by atoms with van der Waals surface area (Å²) in [7, 11) is 2.50. The molecule has 0 radical (unpaired) electrons. The van der Waals surface area contributed by atoms with Crippen molar-refractivity contribution < 1.29 is 19.1 Å². The van der Waals surface area contributed by atoms with Crippen molar-refractivity contribution in [3.05, 3.63) is 12.2 Å². The summed E-state index contributed by atoms with van der Waals surface area (Å²) in [5.74, 6) is -2.23. The van der Waals surface area contributed by atoms with Crippen LogP contribution in [0.5, 0.6) is 0 Å². The van der Waals surface area contributed by atoms with Gasteiger partial charge in [-0.1, -0.05) is 19.1 Å². The van der Waals surface area contributed by atoms with Crippen molar-refractivity contribution in [2.45, 2.75) is 13.8 Å². The Morgan fingerprint density at radius 2 is 1.57 bits per heavy atom. The zero-order chi connectivity index (χ0) is 11.1. The third-order valence-corrected chi connectivity index (χ3v) is 1.93. The number of hydrogen-bond donors (Lipinski definition) is 0. The first-order chi connectivity index (χ1) is 6.58. The van der Waals surface area contributed by atoms with Crippen LogP contribution in [0.1, 0.15) is 13.8 Å². The van der Waals surface area contributed by atoms with E-state index in [1.54, 1.807) is 19.1 Å². The molecule has 0 fully saturated rings. The monoisotopic (exact) mass is 200 g/mol. The van der Waals surface area contributed by atoms with Crippen LogP contribution < -0.4 is 0 Å². The molecular formula is C10H16O4. The standard InChI is InChI=1S/C10H16O4/c1-5-6-7(2)8(9(11)13-3)10(12)14-4/h5-8H,1-4H3/b6-5+/t7-/m0/s1. The Balaban J connectivity index is 4.71. The fourth-order valence-corrected chi connectivity index (χ4v) is 1.19. The van der Waals surface area contributed by atoms with E-state index in [-0.39, 0.29) is 5.92 Å². The molecule has 0 amide bonds. The van der Waals surface area contributed by atoms with Gasteiger partial charge in [-0.3, -0.25) is 9.59 Å². The molecule has 14 heavy (non-hydrogen) atoms. The fourth-order valence-electron chi connectivity index (χ4n) is 1.19. The van der Waals surface area contributed by atoms with Crippen LogP contribution in [0.25, 0.3) is 0 Å². The van der Waals surface area contributed by atoms with Crippen LogP contribution in [-0.4, -0.2) is 26.2 Å². The number of ether oxygens (including phenoxy) is 2. The molecule has 4 heteroatoms. The lowest BCUT2D eigenvalue weighted by Crippen LogP contribution is -2.31. The molecule has 0 aromatic carbocycles. The maximum Gasteiger partial charge on any atom is 0.320 e. The number of hydrogen-bond acceptors (Lipinski definition) is 4. The molecule has 0 heterocycles. The first kappa shape index (κ1) is 12.7. The van der Waals surface area contributed by atoms with E-state index < -0.39 is 17.9 Å². The Bertz CT molecular complexity index is 216. The smallest absolute Gasteiger partial charge is 0.320 e. The molecule has 0 aliphatic heterocycles. The summed E-state index contributed by atoms with van der Waals surface area (Å²) in [5.41, 5.74) is 0. The summed E-state index contributed by atoms with van der Waals surface area (Å²) in [6.07, 6.45) is 3.54. The average Bonchev–Trinajstić information content (AvgIpc) is 2.17. The number of allylic oxidation sites excluding steroid dienone is 2. The second kappa shape index (κ2) is 6.18. The van der Waals surface area contributed by atoms with Gasteiger partial charge < -0.3 is 9.47 Å². The molecule has 0 unspecified atom stereocenters. The van der Waals surface area contributed by atoms with Crippen molar-refractivity contribution in [1.82, 2.24) is 0 Å². The van der Waals surface area contributed by atoms with Crippen LogP contribution in [0.2, 0.25) is 0 Å². The van der Waals surface area contributed by atoms with E-state index in [0.717, 1.165) is 0 Å². The largest absolute Gasteiger partial charge is 0.468 e. The predicted molar refractivity (Wildman–Crippen MR) is 51.5 cm³/mol. The highest BCUT2D eigenvalue weighted by Crippen LogP contribution is 2.16. The molecule has 0 aromatic heterocycles. The Morgan fingerprint density at radius 3 is 1.86 bits per heavy atom. The van der Waals surface area contributed by atoms with Crippen molar-refractivity contribution in [3.8, 4) is 0 Å². The SMILES string of the molecule is C/C=C/[C@H](C)C(C(=O)OC)C(=O)OC. The summed E-state index contributed by atoms with van der Waals surface area (Å²) < 4.78 is 9.06. The molecule has 0 aromatic rings. The summed E-state index contributed by atoms with van der Waals surface area (Å²) in [6, 6.07) is 0. The number of carbonyl (C=O) groups excluding carboxylic acids is 2. The number of rotatable bonds is 4. The zero-order valence-electron chi connectivity index (χ0n) is 8.94. The number of esters is 2. The molecule has 0 bridgehead atoms. The van der Waals surface area contributed by atoms with Crippen molar-refractivity contribution >= 4 is 11.9 Å². The van der Waals surface area contributed by atoms with Crippen LogP contribution in [0.4, 0.5) is 0 Å². The maximum absolute atomic E-state index is 11.3. The van der Waals surface area contributed by atoms with Gasteiger partial charge in [-0.15, -0.1) is 0 Å². The van der Waals surface area contributed by atoms with Gasteiger partial charge in [0.2, 0.25) is 0 Å². The Morgan fingerprint density at radius 1 is 1.14 bits per heavy atom. The highest BCUT2D eigenvalue weighted by molar-refractivity contribution is 5.95. The lowest BCUT2D eigenvalue weighted by atomic mass is 9.94. The lowest BCUT2D eigenvalue weighted by molar-refractivity contribution is -0.160. The Labute approximate surface area is 83.9 Å². The summed E-state index contributed by atoms with van der Waals surface area (Å²) in [4.78, 5) is 22.5. The van der Waals surface area contributed by atoms with Crippen molar-refractivity contribution in [2.75, 3.05) is 14.2 Å². The van der Waals surface area contributed by atoms with Crippen LogP contribution >= 0.6 is 0 Å². The topological polar surface area (TPSA) is 52.6 Å². The third-order valence-electron chi connectivity index (χ3n) is 1.93. The van der Waals surface area contributed by atoms with Crippen LogP contribution in [0.15, 0.2) is 12.2 Å². The average molecular weight is 200 g/mol. The van der Waals surface area contributed by atoms with Crippen LogP contribution in [-0.2, 0) is 19.1 Å². The van der Waals surface area contributed by atoms with Gasteiger partial charge in [-0.2, -0.15) is 0 Å². The molecule has 1 atom stereocenters. The minimum absolute atomic E-state index is 0.222. The van der Waals surface area contributed by atoms with Gasteiger partial charge in [0, 0.05) is 0 Å². The molecule has 0 spiro atoms. The Kier molecular flexibility index (Phi) is 5.60. The van der Waals surface area contributed by atoms with Gasteiger partial charge in [0.05, 0.1) is 14.2 Å². The normalized spacial score (nSPS) is 12.9. The van der Waals surface area contributed by atoms with Crippen molar-refractivity contribution in [2.24, 2.45) is 11.8 Å². The van der Waals surface area contributed by atoms with E-state index in [1.807, 2.05) is 6.92 Å². The molecule has 0 aliphatic rings. The van der Waals surface area contributed by atoms with Gasteiger partial charge in [-0.25, -0.2) is 0 Å². The van der Waals surface area contributed by atoms with E-state index in [9.17, 15) is 9.59 Å². The summed E-state index contributed by atoms with van der Waals surface area (Å²) >= 11 is 0. The van der Waals surface area contributed by atoms with Crippen molar-refractivity contribution in [1.29, 1.82) is 0 Å². The second-order valence-corrected chi connectivity index (χ2v) is 2.91. The maximum atomic E-state index is 11.3. The molecule has 4 nitrogen and oxygen atoms in total. The minimum Gasteiger partial charge on any atom is -0.468 e. The van der Waals surface area contributed by atoms with E-state index in [1.165, 1.54) is 14.2 Å². The third kappa shape index (κ3) is 3.20. The minimum atomic E-state index is -0.874. The molecule has 0 rings (SSSR count).